The van der Waals surface area contributed by atoms with Gasteiger partial charge in [0.1, 0.15) is 0 Å². The van der Waals surface area contributed by atoms with E-state index in [0.29, 0.717) is 32.7 Å². The Bertz CT molecular complexity index is 477. The lowest BCUT2D eigenvalue weighted by molar-refractivity contribution is -0.138. The van der Waals surface area contributed by atoms with Crippen molar-refractivity contribution >= 4 is 17.8 Å². The van der Waals surface area contributed by atoms with Crippen molar-refractivity contribution in [1.29, 1.82) is 0 Å². The molecule has 1 rings (SSSR count). The molecule has 1 amide bonds. The van der Waals surface area contributed by atoms with Gasteiger partial charge in [0, 0.05) is 52.4 Å². The molecule has 0 bridgehead atoms. The third-order valence-electron chi connectivity index (χ3n) is 4.61. The minimum absolute atomic E-state index is 0.00227. The SMILES string of the molecule is NCC(=O)NCCCCN1CCN(CCC(=O)O)CCN(CC(=O)O)CC1. The van der Waals surface area contributed by atoms with Gasteiger partial charge in [-0.05, 0) is 19.4 Å². The summed E-state index contributed by atoms with van der Waals surface area (Å²) in [6, 6.07) is 0. The van der Waals surface area contributed by atoms with Crippen LogP contribution in [0.15, 0.2) is 0 Å². The highest BCUT2D eigenvalue weighted by molar-refractivity contribution is 5.77. The number of nitrogens with two attached hydrogens (primary N) is 1. The van der Waals surface area contributed by atoms with Gasteiger partial charge >= 0.3 is 11.9 Å². The number of carbonyl (C=O) groups is 3. The van der Waals surface area contributed by atoms with Crippen LogP contribution in [0.25, 0.3) is 0 Å². The van der Waals surface area contributed by atoms with Crippen LogP contribution in [0.4, 0.5) is 0 Å². The fourth-order valence-corrected chi connectivity index (χ4v) is 2.99. The zero-order valence-electron chi connectivity index (χ0n) is 15.9. The van der Waals surface area contributed by atoms with Gasteiger partial charge in [0.05, 0.1) is 19.5 Å². The largest absolute Gasteiger partial charge is 0.481 e. The molecule has 0 spiro atoms. The third kappa shape index (κ3) is 11.5. The summed E-state index contributed by atoms with van der Waals surface area (Å²) in [6.45, 7) is 6.21. The van der Waals surface area contributed by atoms with Gasteiger partial charge in [-0.15, -0.1) is 0 Å². The maximum Gasteiger partial charge on any atom is 0.317 e. The van der Waals surface area contributed by atoms with E-state index in [1.54, 1.807) is 0 Å². The molecule has 0 unspecified atom stereocenters. The number of carboxylic acid groups (broad SMARTS) is 2. The molecular formula is C17H33N5O5. The highest BCUT2D eigenvalue weighted by Crippen LogP contribution is 2.03. The Morgan fingerprint density at radius 1 is 0.815 bits per heavy atom. The predicted molar refractivity (Wildman–Crippen MR) is 101 cm³/mol. The van der Waals surface area contributed by atoms with Crippen molar-refractivity contribution in [1.82, 2.24) is 20.0 Å². The number of carboxylic acids is 2. The quantitative estimate of drug-likeness (QED) is 0.306. The molecule has 1 heterocycles. The molecule has 156 valence electrons. The van der Waals surface area contributed by atoms with Crippen molar-refractivity contribution in [2.75, 3.05) is 72.0 Å². The van der Waals surface area contributed by atoms with E-state index in [-0.39, 0.29) is 25.4 Å². The summed E-state index contributed by atoms with van der Waals surface area (Å²) in [7, 11) is 0. The molecule has 1 aliphatic rings. The first-order valence-corrected chi connectivity index (χ1v) is 9.48. The van der Waals surface area contributed by atoms with Gasteiger partial charge in [-0.3, -0.25) is 19.3 Å². The Hall–Kier alpha value is -1.75. The third-order valence-corrected chi connectivity index (χ3v) is 4.61. The van der Waals surface area contributed by atoms with Crippen molar-refractivity contribution in [3.8, 4) is 0 Å². The highest BCUT2D eigenvalue weighted by Gasteiger charge is 2.18. The molecule has 0 radical (unpaired) electrons. The number of hydrogen-bond acceptors (Lipinski definition) is 7. The molecule has 1 fully saturated rings. The predicted octanol–water partition coefficient (Wildman–Crippen LogP) is -1.68. The van der Waals surface area contributed by atoms with Gasteiger partial charge in [-0.25, -0.2) is 0 Å². The molecule has 10 heteroatoms. The molecule has 0 saturated carbocycles. The van der Waals surface area contributed by atoms with Crippen LogP contribution in [0.1, 0.15) is 19.3 Å². The monoisotopic (exact) mass is 387 g/mol. The molecule has 5 N–H and O–H groups in total. The first kappa shape index (κ1) is 23.3. The number of rotatable bonds is 11. The van der Waals surface area contributed by atoms with Crippen LogP contribution >= 0.6 is 0 Å². The Balaban J connectivity index is 2.49. The van der Waals surface area contributed by atoms with Crippen molar-refractivity contribution in [3.05, 3.63) is 0 Å². The zero-order valence-corrected chi connectivity index (χ0v) is 15.9. The standard InChI is InChI=1S/C17H33N5O5/c18-13-15(23)19-4-1-2-5-20-7-8-21(6-3-16(24)25)10-12-22(11-9-20)14-17(26)27/h1-14,18H2,(H,19,23)(H,24,25)(H,26,27). The van der Waals surface area contributed by atoms with Gasteiger partial charge in [0.15, 0.2) is 0 Å². The molecule has 0 atom stereocenters. The van der Waals surface area contributed by atoms with E-state index < -0.39 is 11.9 Å². The first-order chi connectivity index (χ1) is 12.9. The average Bonchev–Trinajstić information content (AvgIpc) is 2.70. The first-order valence-electron chi connectivity index (χ1n) is 9.48. The fraction of sp³-hybridized carbons (Fsp3) is 0.824. The summed E-state index contributed by atoms with van der Waals surface area (Å²) in [5.41, 5.74) is 5.25. The smallest absolute Gasteiger partial charge is 0.317 e. The lowest BCUT2D eigenvalue weighted by Crippen LogP contribution is -2.39. The molecule has 1 aliphatic heterocycles. The number of carbonyl (C=O) groups excluding carboxylic acids is 1. The van der Waals surface area contributed by atoms with Crippen LogP contribution in [0.3, 0.4) is 0 Å². The fourth-order valence-electron chi connectivity index (χ4n) is 2.99. The summed E-state index contributed by atoms with van der Waals surface area (Å²) in [4.78, 5) is 39.3. The van der Waals surface area contributed by atoms with E-state index in [9.17, 15) is 14.4 Å². The van der Waals surface area contributed by atoms with E-state index in [2.05, 4.69) is 15.1 Å². The Kier molecular flexibility index (Phi) is 11.6. The van der Waals surface area contributed by atoms with Crippen LogP contribution in [0.5, 0.6) is 0 Å². The minimum atomic E-state index is -0.853. The van der Waals surface area contributed by atoms with E-state index >= 15 is 0 Å². The molecule has 0 aromatic carbocycles. The molecule has 1 saturated heterocycles. The van der Waals surface area contributed by atoms with Gasteiger partial charge in [0.25, 0.3) is 0 Å². The number of amides is 1. The van der Waals surface area contributed by atoms with E-state index in [1.165, 1.54) is 0 Å². The number of nitrogens with zero attached hydrogens (tertiary/aromatic N) is 3. The van der Waals surface area contributed by atoms with Gasteiger partial charge in [-0.2, -0.15) is 0 Å². The second-order valence-electron chi connectivity index (χ2n) is 6.76. The minimum Gasteiger partial charge on any atom is -0.481 e. The van der Waals surface area contributed by atoms with Gasteiger partial charge in [-0.1, -0.05) is 0 Å². The number of aliphatic carboxylic acids is 2. The highest BCUT2D eigenvalue weighted by atomic mass is 16.4. The average molecular weight is 387 g/mol. The lowest BCUT2D eigenvalue weighted by Gasteiger charge is -2.25. The summed E-state index contributed by atoms with van der Waals surface area (Å²) < 4.78 is 0. The summed E-state index contributed by atoms with van der Waals surface area (Å²) in [6.07, 6.45) is 1.85. The van der Waals surface area contributed by atoms with Crippen LogP contribution in [0, 0.1) is 0 Å². The number of hydrogen-bond donors (Lipinski definition) is 4. The van der Waals surface area contributed by atoms with Crippen LogP contribution < -0.4 is 11.1 Å². The van der Waals surface area contributed by atoms with Crippen LogP contribution in [-0.2, 0) is 14.4 Å². The number of unbranched alkanes of at least 4 members (excludes halogenated alkanes) is 1. The summed E-state index contributed by atoms with van der Waals surface area (Å²) >= 11 is 0. The van der Waals surface area contributed by atoms with Crippen LogP contribution in [-0.4, -0.2) is 115 Å². The lowest BCUT2D eigenvalue weighted by atomic mass is 10.2. The molecule has 0 aliphatic carbocycles. The maximum absolute atomic E-state index is 11.1. The van der Waals surface area contributed by atoms with Crippen molar-refractivity contribution in [2.24, 2.45) is 5.73 Å². The Morgan fingerprint density at radius 3 is 1.89 bits per heavy atom. The van der Waals surface area contributed by atoms with E-state index in [0.717, 1.165) is 39.0 Å². The van der Waals surface area contributed by atoms with Gasteiger partial charge in [0.2, 0.25) is 5.91 Å². The number of nitrogens with one attached hydrogen (secondary N) is 1. The van der Waals surface area contributed by atoms with E-state index in [1.807, 2.05) is 4.90 Å². The molecule has 0 aromatic rings. The molecule has 0 aromatic heterocycles. The van der Waals surface area contributed by atoms with Crippen LogP contribution in [0.2, 0.25) is 0 Å². The van der Waals surface area contributed by atoms with Gasteiger partial charge < -0.3 is 31.1 Å². The summed E-state index contributed by atoms with van der Waals surface area (Å²) in [5.74, 6) is -1.83. The van der Waals surface area contributed by atoms with Crippen molar-refractivity contribution in [2.45, 2.75) is 19.3 Å². The second kappa shape index (κ2) is 13.4. The Morgan fingerprint density at radius 2 is 1.37 bits per heavy atom. The molecular weight excluding hydrogens is 354 g/mol. The summed E-state index contributed by atoms with van der Waals surface area (Å²) in [5, 5.41) is 20.7. The van der Waals surface area contributed by atoms with Crippen molar-refractivity contribution < 1.29 is 24.6 Å². The zero-order chi connectivity index (χ0) is 20.1. The molecule has 27 heavy (non-hydrogen) atoms. The Labute approximate surface area is 160 Å². The van der Waals surface area contributed by atoms with E-state index in [4.69, 9.17) is 15.9 Å². The van der Waals surface area contributed by atoms with Crippen molar-refractivity contribution in [3.63, 3.8) is 0 Å². The maximum atomic E-state index is 11.1. The molecule has 10 nitrogen and oxygen atoms in total. The normalized spacial score (nSPS) is 17.7. The topological polar surface area (TPSA) is 139 Å². The second-order valence-corrected chi connectivity index (χ2v) is 6.76.